The minimum atomic E-state index is -0.186. The maximum absolute atomic E-state index is 11.5. The quantitative estimate of drug-likeness (QED) is 0.350. The van der Waals surface area contributed by atoms with Crippen LogP contribution in [0.15, 0.2) is 41.5 Å². The number of benzene rings is 2. The Labute approximate surface area is 176 Å². The lowest BCUT2D eigenvalue weighted by molar-refractivity contribution is -0.123. The van der Waals surface area contributed by atoms with Crippen LogP contribution in [0, 0.1) is 13.8 Å². The first-order chi connectivity index (χ1) is 13.9. The van der Waals surface area contributed by atoms with Gasteiger partial charge in [0.1, 0.15) is 0 Å². The zero-order valence-corrected chi connectivity index (χ0v) is 17.9. The fraction of sp³-hybridized carbons (Fsp3) is 0.286. The summed E-state index contributed by atoms with van der Waals surface area (Å²) in [6.07, 6.45) is 1.62. The highest BCUT2D eigenvalue weighted by molar-refractivity contribution is 7.80. The highest BCUT2D eigenvalue weighted by Crippen LogP contribution is 2.27. The standard InChI is InChI=1S/C21H26N4O3S/c1-5-22-20(26)13-28-18-9-8-16(11-19(18)27-4)12-23-25-21(29)24-17-10-14(2)6-7-15(17)3/h6-12H,5,13H2,1-4H3,(H,22,26)(H2,24,25,29)/b23-12+. The van der Waals surface area contributed by atoms with E-state index in [1.165, 1.54) is 7.11 Å². The van der Waals surface area contributed by atoms with Crippen LogP contribution in [-0.4, -0.2) is 37.5 Å². The maximum atomic E-state index is 11.5. The van der Waals surface area contributed by atoms with Crippen LogP contribution in [0.2, 0.25) is 0 Å². The molecule has 2 rings (SSSR count). The van der Waals surface area contributed by atoms with Crippen LogP contribution in [0.25, 0.3) is 0 Å². The molecule has 2 aromatic carbocycles. The number of hydrogen-bond donors (Lipinski definition) is 3. The second-order valence-corrected chi connectivity index (χ2v) is 6.70. The van der Waals surface area contributed by atoms with E-state index in [1.807, 2.05) is 45.0 Å². The van der Waals surface area contributed by atoms with Crippen LogP contribution >= 0.6 is 12.2 Å². The summed E-state index contributed by atoms with van der Waals surface area (Å²) in [5.74, 6) is 0.805. The van der Waals surface area contributed by atoms with Crippen LogP contribution in [0.3, 0.4) is 0 Å². The van der Waals surface area contributed by atoms with Gasteiger partial charge in [0.2, 0.25) is 0 Å². The average molecular weight is 415 g/mol. The first kappa shape index (κ1) is 22.2. The van der Waals surface area contributed by atoms with Crippen molar-refractivity contribution in [3.63, 3.8) is 0 Å². The Morgan fingerprint density at radius 1 is 1.17 bits per heavy atom. The number of thiocarbonyl (C=S) groups is 1. The maximum Gasteiger partial charge on any atom is 0.257 e. The van der Waals surface area contributed by atoms with E-state index < -0.39 is 0 Å². The number of aryl methyl sites for hydroxylation is 2. The van der Waals surface area contributed by atoms with E-state index in [4.69, 9.17) is 21.7 Å². The van der Waals surface area contributed by atoms with Gasteiger partial charge in [0, 0.05) is 12.2 Å². The normalized spacial score (nSPS) is 10.5. The molecule has 29 heavy (non-hydrogen) atoms. The first-order valence-electron chi connectivity index (χ1n) is 9.17. The van der Waals surface area contributed by atoms with Gasteiger partial charge in [-0.15, -0.1) is 0 Å². The summed E-state index contributed by atoms with van der Waals surface area (Å²) in [4.78, 5) is 11.5. The van der Waals surface area contributed by atoms with Gasteiger partial charge in [0.15, 0.2) is 23.2 Å². The molecule has 0 saturated carbocycles. The van der Waals surface area contributed by atoms with E-state index in [1.54, 1.807) is 18.3 Å². The second-order valence-electron chi connectivity index (χ2n) is 6.29. The Morgan fingerprint density at radius 3 is 2.69 bits per heavy atom. The number of hydrogen-bond acceptors (Lipinski definition) is 5. The van der Waals surface area contributed by atoms with Gasteiger partial charge in [0.25, 0.3) is 5.91 Å². The molecule has 0 saturated heterocycles. The Kier molecular flexibility index (Phi) is 8.42. The van der Waals surface area contributed by atoms with Gasteiger partial charge >= 0.3 is 0 Å². The molecule has 8 heteroatoms. The van der Waals surface area contributed by atoms with Gasteiger partial charge in [-0.2, -0.15) is 5.10 Å². The van der Waals surface area contributed by atoms with Crippen molar-refractivity contribution in [1.82, 2.24) is 10.7 Å². The van der Waals surface area contributed by atoms with Crippen molar-refractivity contribution in [2.75, 3.05) is 25.6 Å². The topological polar surface area (TPSA) is 84.0 Å². The summed E-state index contributed by atoms with van der Waals surface area (Å²) in [5, 5.41) is 10.4. The van der Waals surface area contributed by atoms with Crippen LogP contribution < -0.4 is 25.5 Å². The van der Waals surface area contributed by atoms with Crippen LogP contribution in [0.5, 0.6) is 11.5 Å². The number of amides is 1. The Morgan fingerprint density at radius 2 is 1.97 bits per heavy atom. The molecule has 0 aromatic heterocycles. The summed E-state index contributed by atoms with van der Waals surface area (Å²) < 4.78 is 10.8. The molecule has 0 spiro atoms. The molecule has 154 valence electrons. The van der Waals surface area contributed by atoms with E-state index in [-0.39, 0.29) is 12.5 Å². The zero-order chi connectivity index (χ0) is 21.2. The van der Waals surface area contributed by atoms with Gasteiger partial charge in [-0.3, -0.25) is 10.2 Å². The number of anilines is 1. The van der Waals surface area contributed by atoms with Crippen molar-refractivity contribution in [1.29, 1.82) is 0 Å². The molecule has 0 aliphatic carbocycles. The summed E-state index contributed by atoms with van der Waals surface area (Å²) in [6.45, 7) is 6.37. The molecule has 3 N–H and O–H groups in total. The van der Waals surface area contributed by atoms with Gasteiger partial charge in [-0.1, -0.05) is 12.1 Å². The molecule has 0 radical (unpaired) electrons. The molecule has 0 aliphatic heterocycles. The van der Waals surface area contributed by atoms with Crippen molar-refractivity contribution in [3.8, 4) is 11.5 Å². The predicted molar refractivity (Wildman–Crippen MR) is 120 cm³/mol. The highest BCUT2D eigenvalue weighted by atomic mass is 32.1. The molecular weight excluding hydrogens is 388 g/mol. The number of nitrogens with one attached hydrogen (secondary N) is 3. The highest BCUT2D eigenvalue weighted by Gasteiger charge is 2.08. The number of carbonyl (C=O) groups is 1. The molecule has 1 amide bonds. The zero-order valence-electron chi connectivity index (χ0n) is 17.0. The number of nitrogens with zero attached hydrogens (tertiary/aromatic N) is 1. The molecule has 0 atom stereocenters. The third-order valence-corrected chi connectivity index (χ3v) is 4.13. The molecule has 0 fully saturated rings. The van der Waals surface area contributed by atoms with Gasteiger partial charge in [0.05, 0.1) is 13.3 Å². The Bertz CT molecular complexity index is 899. The summed E-state index contributed by atoms with van der Waals surface area (Å²) >= 11 is 5.29. The van der Waals surface area contributed by atoms with Gasteiger partial charge < -0.3 is 20.1 Å². The first-order valence-corrected chi connectivity index (χ1v) is 9.58. The largest absolute Gasteiger partial charge is 0.493 e. The number of methoxy groups -OCH3 is 1. The third kappa shape index (κ3) is 7.08. The number of carbonyl (C=O) groups excluding carboxylic acids is 1. The van der Waals surface area contributed by atoms with E-state index in [9.17, 15) is 4.79 Å². The Balaban J connectivity index is 1.95. The number of rotatable bonds is 8. The van der Waals surface area contributed by atoms with E-state index in [2.05, 4.69) is 21.2 Å². The second kappa shape index (κ2) is 11.0. The lowest BCUT2D eigenvalue weighted by Crippen LogP contribution is -2.28. The minimum absolute atomic E-state index is 0.0719. The molecular formula is C21H26N4O3S. The van der Waals surface area contributed by atoms with Crippen LogP contribution in [-0.2, 0) is 4.79 Å². The van der Waals surface area contributed by atoms with Crippen molar-refractivity contribution >= 4 is 35.1 Å². The van der Waals surface area contributed by atoms with Gasteiger partial charge in [-0.05, 0) is 73.9 Å². The lowest BCUT2D eigenvalue weighted by atomic mass is 10.1. The summed E-state index contributed by atoms with van der Waals surface area (Å²) in [6, 6.07) is 11.4. The summed E-state index contributed by atoms with van der Waals surface area (Å²) in [7, 11) is 1.54. The molecule has 2 aromatic rings. The molecule has 0 aliphatic rings. The fourth-order valence-electron chi connectivity index (χ4n) is 2.46. The third-order valence-electron chi connectivity index (χ3n) is 3.94. The van der Waals surface area contributed by atoms with Crippen LogP contribution in [0.1, 0.15) is 23.6 Å². The van der Waals surface area contributed by atoms with Crippen molar-refractivity contribution in [3.05, 3.63) is 53.1 Å². The predicted octanol–water partition coefficient (Wildman–Crippen LogP) is 3.15. The molecule has 7 nitrogen and oxygen atoms in total. The van der Waals surface area contributed by atoms with Crippen molar-refractivity contribution in [2.24, 2.45) is 5.10 Å². The number of likely N-dealkylation sites (N-methyl/N-ethyl adjacent to an activating group) is 1. The number of hydrazone groups is 1. The average Bonchev–Trinajstić information content (AvgIpc) is 2.69. The molecule has 0 heterocycles. The molecule has 0 bridgehead atoms. The monoisotopic (exact) mass is 414 g/mol. The number of ether oxygens (including phenoxy) is 2. The summed E-state index contributed by atoms with van der Waals surface area (Å²) in [5.41, 5.74) is 6.76. The molecule has 0 unspecified atom stereocenters. The lowest BCUT2D eigenvalue weighted by Gasteiger charge is -2.11. The smallest absolute Gasteiger partial charge is 0.257 e. The van der Waals surface area contributed by atoms with Crippen molar-refractivity contribution in [2.45, 2.75) is 20.8 Å². The van der Waals surface area contributed by atoms with Crippen molar-refractivity contribution < 1.29 is 14.3 Å². The minimum Gasteiger partial charge on any atom is -0.493 e. The fourth-order valence-corrected chi connectivity index (χ4v) is 2.62. The van der Waals surface area contributed by atoms with Crippen LogP contribution in [0.4, 0.5) is 5.69 Å². The van der Waals surface area contributed by atoms with E-state index in [0.29, 0.717) is 23.2 Å². The SMILES string of the molecule is CCNC(=O)COc1ccc(/C=N/NC(=S)Nc2cc(C)ccc2C)cc1OC. The van der Waals surface area contributed by atoms with E-state index >= 15 is 0 Å². The van der Waals surface area contributed by atoms with Gasteiger partial charge in [-0.25, -0.2) is 0 Å². The Hall–Kier alpha value is -3.13. The van der Waals surface area contributed by atoms with E-state index in [0.717, 1.165) is 22.4 Å².